The van der Waals surface area contributed by atoms with Crippen LogP contribution in [0.2, 0.25) is 0 Å². The van der Waals surface area contributed by atoms with Gasteiger partial charge in [-0.2, -0.15) is 0 Å². The van der Waals surface area contributed by atoms with Crippen LogP contribution in [0.4, 0.5) is 4.39 Å². The molecule has 3 unspecified atom stereocenters. The van der Waals surface area contributed by atoms with Crippen LogP contribution in [-0.2, 0) is 0 Å². The average molecular weight is 251 g/mol. The molecular weight excluding hydrogens is 229 g/mol. The Kier molecular flexibility index (Phi) is 4.23. The number of halogens is 1. The molecule has 0 aliphatic heterocycles. The molecule has 2 nitrogen and oxygen atoms in total. The van der Waals surface area contributed by atoms with Gasteiger partial charge in [0.15, 0.2) is 0 Å². The third-order valence-corrected chi connectivity index (χ3v) is 3.99. The largest absolute Gasteiger partial charge is 0.496 e. The quantitative estimate of drug-likeness (QED) is 0.881. The fourth-order valence-corrected chi connectivity index (χ4v) is 2.91. The Morgan fingerprint density at radius 2 is 2.17 bits per heavy atom. The van der Waals surface area contributed by atoms with E-state index in [0.29, 0.717) is 23.3 Å². The van der Waals surface area contributed by atoms with E-state index in [1.54, 1.807) is 13.2 Å². The number of nitrogens with one attached hydrogen (secondary N) is 1. The van der Waals surface area contributed by atoms with Gasteiger partial charge in [-0.3, -0.25) is 0 Å². The standard InChI is InChI=1S/C15H22FNO/c1-10-6-4-8-13(10)17-11(2)15-12(16)7-5-9-14(15)18-3/h5,7,9-11,13,17H,4,6,8H2,1-3H3. The first-order valence-corrected chi connectivity index (χ1v) is 6.72. The van der Waals surface area contributed by atoms with Gasteiger partial charge in [0.05, 0.1) is 7.11 Å². The molecule has 18 heavy (non-hydrogen) atoms. The topological polar surface area (TPSA) is 21.3 Å². The van der Waals surface area contributed by atoms with E-state index < -0.39 is 0 Å². The van der Waals surface area contributed by atoms with Crippen molar-refractivity contribution in [2.24, 2.45) is 5.92 Å². The Bertz CT molecular complexity index is 407. The highest BCUT2D eigenvalue weighted by atomic mass is 19.1. The van der Waals surface area contributed by atoms with Gasteiger partial charge in [-0.25, -0.2) is 4.39 Å². The number of methoxy groups -OCH3 is 1. The smallest absolute Gasteiger partial charge is 0.131 e. The second kappa shape index (κ2) is 5.70. The fraction of sp³-hybridized carbons (Fsp3) is 0.600. The van der Waals surface area contributed by atoms with Gasteiger partial charge >= 0.3 is 0 Å². The molecule has 100 valence electrons. The Labute approximate surface area is 109 Å². The summed E-state index contributed by atoms with van der Waals surface area (Å²) in [6.07, 6.45) is 3.71. The normalized spacial score (nSPS) is 25.1. The van der Waals surface area contributed by atoms with Crippen LogP contribution < -0.4 is 10.1 Å². The van der Waals surface area contributed by atoms with Gasteiger partial charge in [-0.1, -0.05) is 19.4 Å². The van der Waals surface area contributed by atoms with Crippen molar-refractivity contribution in [1.82, 2.24) is 5.32 Å². The average Bonchev–Trinajstić information content (AvgIpc) is 2.74. The molecule has 1 aliphatic carbocycles. The van der Waals surface area contributed by atoms with E-state index in [1.807, 2.05) is 13.0 Å². The molecule has 0 heterocycles. The maximum atomic E-state index is 13.9. The molecule has 1 N–H and O–H groups in total. The molecule has 0 saturated heterocycles. The predicted molar refractivity (Wildman–Crippen MR) is 71.3 cm³/mol. The van der Waals surface area contributed by atoms with Crippen molar-refractivity contribution in [3.8, 4) is 5.75 Å². The Morgan fingerprint density at radius 3 is 2.78 bits per heavy atom. The molecule has 1 aliphatic rings. The summed E-state index contributed by atoms with van der Waals surface area (Å²) < 4.78 is 19.2. The van der Waals surface area contributed by atoms with Crippen LogP contribution in [0.1, 0.15) is 44.7 Å². The number of hydrogen-bond donors (Lipinski definition) is 1. The highest BCUT2D eigenvalue weighted by molar-refractivity contribution is 5.37. The summed E-state index contributed by atoms with van der Waals surface area (Å²) in [6.45, 7) is 4.27. The summed E-state index contributed by atoms with van der Waals surface area (Å²) in [4.78, 5) is 0. The van der Waals surface area contributed by atoms with Gasteiger partial charge in [0.2, 0.25) is 0 Å². The van der Waals surface area contributed by atoms with Crippen LogP contribution in [0.25, 0.3) is 0 Å². The van der Waals surface area contributed by atoms with E-state index >= 15 is 0 Å². The molecule has 3 atom stereocenters. The first-order valence-electron chi connectivity index (χ1n) is 6.72. The summed E-state index contributed by atoms with van der Waals surface area (Å²) in [6, 6.07) is 5.46. The van der Waals surface area contributed by atoms with Crippen LogP contribution in [0, 0.1) is 11.7 Å². The molecule has 1 fully saturated rings. The van der Waals surface area contributed by atoms with Crippen molar-refractivity contribution in [1.29, 1.82) is 0 Å². The molecule has 1 saturated carbocycles. The predicted octanol–water partition coefficient (Wildman–Crippen LogP) is 3.67. The highest BCUT2D eigenvalue weighted by Gasteiger charge is 2.26. The van der Waals surface area contributed by atoms with Crippen LogP contribution in [0.5, 0.6) is 5.75 Å². The van der Waals surface area contributed by atoms with Crippen molar-refractivity contribution in [2.45, 2.75) is 45.2 Å². The van der Waals surface area contributed by atoms with E-state index in [4.69, 9.17) is 4.74 Å². The lowest BCUT2D eigenvalue weighted by molar-refractivity contribution is 0.360. The minimum Gasteiger partial charge on any atom is -0.496 e. The minimum atomic E-state index is -0.194. The van der Waals surface area contributed by atoms with Gasteiger partial charge in [0.1, 0.15) is 11.6 Å². The Hall–Kier alpha value is -1.09. The Balaban J connectivity index is 2.15. The van der Waals surface area contributed by atoms with Gasteiger partial charge in [-0.05, 0) is 37.8 Å². The maximum absolute atomic E-state index is 13.9. The van der Waals surface area contributed by atoms with Crippen LogP contribution >= 0.6 is 0 Å². The van der Waals surface area contributed by atoms with Crippen LogP contribution in [0.3, 0.4) is 0 Å². The summed E-state index contributed by atoms with van der Waals surface area (Å²) in [5.41, 5.74) is 0.638. The van der Waals surface area contributed by atoms with E-state index in [2.05, 4.69) is 12.2 Å². The lowest BCUT2D eigenvalue weighted by Crippen LogP contribution is -2.33. The van der Waals surface area contributed by atoms with Crippen LogP contribution in [-0.4, -0.2) is 13.2 Å². The summed E-state index contributed by atoms with van der Waals surface area (Å²) in [5.74, 6) is 1.10. The van der Waals surface area contributed by atoms with Crippen molar-refractivity contribution >= 4 is 0 Å². The van der Waals surface area contributed by atoms with Gasteiger partial charge in [0.25, 0.3) is 0 Å². The van der Waals surface area contributed by atoms with Crippen LogP contribution in [0.15, 0.2) is 18.2 Å². The molecule has 0 radical (unpaired) electrons. The van der Waals surface area contributed by atoms with Gasteiger partial charge in [-0.15, -0.1) is 0 Å². The molecule has 1 aromatic carbocycles. The third-order valence-electron chi connectivity index (χ3n) is 3.99. The first-order chi connectivity index (χ1) is 8.63. The lowest BCUT2D eigenvalue weighted by Gasteiger charge is -2.24. The van der Waals surface area contributed by atoms with Crippen molar-refractivity contribution in [3.05, 3.63) is 29.6 Å². The van der Waals surface area contributed by atoms with Crippen molar-refractivity contribution in [3.63, 3.8) is 0 Å². The fourth-order valence-electron chi connectivity index (χ4n) is 2.91. The zero-order valence-electron chi connectivity index (χ0n) is 11.4. The number of benzene rings is 1. The summed E-state index contributed by atoms with van der Waals surface area (Å²) in [7, 11) is 1.59. The summed E-state index contributed by atoms with van der Waals surface area (Å²) in [5, 5.41) is 3.54. The van der Waals surface area contributed by atoms with E-state index in [9.17, 15) is 4.39 Å². The maximum Gasteiger partial charge on any atom is 0.131 e. The molecule has 0 spiro atoms. The van der Waals surface area contributed by atoms with E-state index in [-0.39, 0.29) is 11.9 Å². The lowest BCUT2D eigenvalue weighted by atomic mass is 10.0. The molecule has 1 aromatic rings. The SMILES string of the molecule is COc1cccc(F)c1C(C)NC1CCCC1C. The van der Waals surface area contributed by atoms with Crippen molar-refractivity contribution < 1.29 is 9.13 Å². The number of hydrogen-bond acceptors (Lipinski definition) is 2. The van der Waals surface area contributed by atoms with Crippen molar-refractivity contribution in [2.75, 3.05) is 7.11 Å². The van der Waals surface area contributed by atoms with E-state index in [0.717, 1.165) is 0 Å². The minimum absolute atomic E-state index is 0.0216. The molecule has 0 bridgehead atoms. The number of ether oxygens (including phenoxy) is 1. The molecular formula is C15H22FNO. The number of rotatable bonds is 4. The first kappa shape index (κ1) is 13.3. The molecule has 2 rings (SSSR count). The van der Waals surface area contributed by atoms with E-state index in [1.165, 1.54) is 25.3 Å². The molecule has 0 amide bonds. The zero-order valence-corrected chi connectivity index (χ0v) is 11.4. The second-order valence-electron chi connectivity index (χ2n) is 5.26. The highest BCUT2D eigenvalue weighted by Crippen LogP contribution is 2.31. The van der Waals surface area contributed by atoms with Gasteiger partial charge < -0.3 is 10.1 Å². The monoisotopic (exact) mass is 251 g/mol. The third kappa shape index (κ3) is 2.66. The second-order valence-corrected chi connectivity index (χ2v) is 5.26. The Morgan fingerprint density at radius 1 is 1.39 bits per heavy atom. The summed E-state index contributed by atoms with van der Waals surface area (Å²) >= 11 is 0. The molecule has 0 aromatic heterocycles. The van der Waals surface area contributed by atoms with Gasteiger partial charge in [0, 0.05) is 17.6 Å². The molecule has 3 heteroatoms. The zero-order chi connectivity index (χ0) is 13.1.